The third-order valence-electron chi connectivity index (χ3n) is 2.11. The maximum atomic E-state index is 11.6. The lowest BCUT2D eigenvalue weighted by Gasteiger charge is -2.13. The molecule has 15 heavy (non-hydrogen) atoms. The van der Waals surface area contributed by atoms with E-state index in [1.807, 2.05) is 0 Å². The Morgan fingerprint density at radius 1 is 1.47 bits per heavy atom. The molecule has 6 nitrogen and oxygen atoms in total. The number of carbonyl (C=O) groups is 1. The zero-order valence-corrected chi connectivity index (χ0v) is 8.85. The number of esters is 1. The van der Waals surface area contributed by atoms with Crippen molar-refractivity contribution in [2.45, 2.75) is 12.7 Å². The van der Waals surface area contributed by atoms with E-state index in [2.05, 4.69) is 6.58 Å². The lowest BCUT2D eigenvalue weighted by atomic mass is 10.1. The predicted molar refractivity (Wildman–Crippen MR) is 48.8 cm³/mol. The molecular formula is C8H11O6P. The van der Waals surface area contributed by atoms with Crippen LogP contribution in [0.15, 0.2) is 12.7 Å². The smallest absolute Gasteiger partial charge is 0.435 e. The van der Waals surface area contributed by atoms with Crippen molar-refractivity contribution in [1.29, 1.82) is 0 Å². The van der Waals surface area contributed by atoms with Crippen LogP contribution in [-0.4, -0.2) is 25.5 Å². The lowest BCUT2D eigenvalue weighted by molar-refractivity contribution is -0.153. The molecule has 84 valence electrons. The Morgan fingerprint density at radius 2 is 2.13 bits per heavy atom. The van der Waals surface area contributed by atoms with Gasteiger partial charge >= 0.3 is 13.8 Å². The number of ether oxygens (including phenoxy) is 1. The molecule has 0 bridgehead atoms. The topological polar surface area (TPSA) is 71.1 Å². The van der Waals surface area contributed by atoms with E-state index in [0.717, 1.165) is 0 Å². The van der Waals surface area contributed by atoms with Crippen LogP contribution in [0.3, 0.4) is 0 Å². The fraction of sp³-hybridized carbons (Fsp3) is 0.625. The van der Waals surface area contributed by atoms with E-state index in [1.54, 1.807) is 0 Å². The van der Waals surface area contributed by atoms with Crippen molar-refractivity contribution in [2.75, 3.05) is 13.2 Å². The summed E-state index contributed by atoms with van der Waals surface area (Å²) in [6.45, 7) is 3.94. The molecule has 2 rings (SSSR count). The minimum Gasteiger partial charge on any atom is -0.435 e. The van der Waals surface area contributed by atoms with Crippen LogP contribution in [0.4, 0.5) is 0 Å². The monoisotopic (exact) mass is 234 g/mol. The van der Waals surface area contributed by atoms with Crippen molar-refractivity contribution >= 4 is 13.8 Å². The quantitative estimate of drug-likeness (QED) is 0.415. The van der Waals surface area contributed by atoms with Crippen molar-refractivity contribution in [3.05, 3.63) is 12.7 Å². The maximum Gasteiger partial charge on any atom is 0.478 e. The number of phosphoric ester groups is 1. The number of cyclic esters (lactones) is 1. The standard InChI is InChI=1S/C8H11O6P/c1-2-6-5-7(13-8(6)9)14-15(10)11-3-4-12-15/h2,6-7H,1,3-5H2. The summed E-state index contributed by atoms with van der Waals surface area (Å²) in [6, 6.07) is 0. The van der Waals surface area contributed by atoms with Gasteiger partial charge < -0.3 is 4.74 Å². The summed E-state index contributed by atoms with van der Waals surface area (Å²) in [6.07, 6.45) is 0.890. The van der Waals surface area contributed by atoms with Crippen LogP contribution in [0, 0.1) is 5.92 Å². The Balaban J connectivity index is 1.94. The highest BCUT2D eigenvalue weighted by Gasteiger charge is 2.41. The molecule has 2 fully saturated rings. The van der Waals surface area contributed by atoms with Gasteiger partial charge in [0.1, 0.15) is 0 Å². The van der Waals surface area contributed by atoms with E-state index in [1.165, 1.54) is 6.08 Å². The summed E-state index contributed by atoms with van der Waals surface area (Å²) in [5, 5.41) is 0. The molecule has 0 amide bonds. The summed E-state index contributed by atoms with van der Waals surface area (Å²) in [7, 11) is -3.49. The minimum atomic E-state index is -3.49. The molecule has 7 heteroatoms. The SMILES string of the molecule is C=CC1CC(OP2(=O)OCCO2)OC1=O. The van der Waals surface area contributed by atoms with Gasteiger partial charge in [0.15, 0.2) is 0 Å². The van der Waals surface area contributed by atoms with Crippen molar-refractivity contribution in [3.8, 4) is 0 Å². The van der Waals surface area contributed by atoms with E-state index in [4.69, 9.17) is 18.3 Å². The third kappa shape index (κ3) is 2.29. The van der Waals surface area contributed by atoms with Gasteiger partial charge in [0.05, 0.1) is 19.1 Å². The third-order valence-corrected chi connectivity index (χ3v) is 3.60. The van der Waals surface area contributed by atoms with Crippen molar-refractivity contribution in [1.82, 2.24) is 0 Å². The molecule has 2 unspecified atom stereocenters. The van der Waals surface area contributed by atoms with E-state index in [9.17, 15) is 9.36 Å². The lowest BCUT2D eigenvalue weighted by Crippen LogP contribution is -2.10. The summed E-state index contributed by atoms with van der Waals surface area (Å²) >= 11 is 0. The Labute approximate surface area is 86.8 Å². The van der Waals surface area contributed by atoms with Crippen LogP contribution in [0.5, 0.6) is 0 Å². The Morgan fingerprint density at radius 3 is 2.67 bits per heavy atom. The van der Waals surface area contributed by atoms with Gasteiger partial charge in [-0.1, -0.05) is 6.08 Å². The van der Waals surface area contributed by atoms with Gasteiger partial charge in [-0.3, -0.25) is 13.8 Å². The number of carbonyl (C=O) groups excluding carboxylic acids is 1. The van der Waals surface area contributed by atoms with Crippen molar-refractivity contribution in [2.24, 2.45) is 5.92 Å². The molecule has 0 aromatic rings. The van der Waals surface area contributed by atoms with Crippen molar-refractivity contribution in [3.63, 3.8) is 0 Å². The van der Waals surface area contributed by atoms with E-state index < -0.39 is 26.0 Å². The average Bonchev–Trinajstić information content (AvgIpc) is 2.73. The summed E-state index contributed by atoms with van der Waals surface area (Å²) in [5.74, 6) is -0.843. The average molecular weight is 234 g/mol. The first kappa shape index (κ1) is 10.8. The van der Waals surface area contributed by atoms with Gasteiger partial charge in [0.2, 0.25) is 6.29 Å². The number of hydrogen-bond donors (Lipinski definition) is 0. The highest BCUT2D eigenvalue weighted by Crippen LogP contribution is 2.54. The fourth-order valence-corrected chi connectivity index (χ4v) is 2.58. The van der Waals surface area contributed by atoms with Crippen LogP contribution < -0.4 is 0 Å². The molecule has 0 aromatic heterocycles. The molecule has 2 aliphatic rings. The van der Waals surface area contributed by atoms with Gasteiger partial charge in [-0.2, -0.15) is 0 Å². The molecular weight excluding hydrogens is 223 g/mol. The minimum absolute atomic E-state index is 0.225. The Hall–Kier alpha value is -0.680. The Bertz CT molecular complexity index is 317. The van der Waals surface area contributed by atoms with Gasteiger partial charge in [-0.25, -0.2) is 9.09 Å². The molecule has 0 aliphatic carbocycles. The van der Waals surface area contributed by atoms with Crippen LogP contribution in [0.1, 0.15) is 6.42 Å². The first-order valence-electron chi connectivity index (χ1n) is 4.53. The Kier molecular flexibility index (Phi) is 2.93. The predicted octanol–water partition coefficient (Wildman–Crippen LogP) is 1.23. The van der Waals surface area contributed by atoms with Crippen molar-refractivity contribution < 1.29 is 27.7 Å². The zero-order chi connectivity index (χ0) is 10.9. The van der Waals surface area contributed by atoms with E-state index in [0.29, 0.717) is 6.42 Å². The fourth-order valence-electron chi connectivity index (χ4n) is 1.37. The van der Waals surface area contributed by atoms with Crippen LogP contribution >= 0.6 is 7.82 Å². The van der Waals surface area contributed by atoms with Gasteiger partial charge in [-0.05, 0) is 0 Å². The number of hydrogen-bond acceptors (Lipinski definition) is 6. The summed E-state index contributed by atoms with van der Waals surface area (Å²) in [5.41, 5.74) is 0. The normalized spacial score (nSPS) is 34.0. The van der Waals surface area contributed by atoms with Gasteiger partial charge in [0, 0.05) is 6.42 Å². The molecule has 0 radical (unpaired) electrons. The first-order chi connectivity index (χ1) is 7.13. The second-order valence-corrected chi connectivity index (χ2v) is 4.79. The van der Waals surface area contributed by atoms with Crippen LogP contribution in [-0.2, 0) is 27.7 Å². The molecule has 2 saturated heterocycles. The number of phosphoric acid groups is 1. The highest BCUT2D eigenvalue weighted by molar-refractivity contribution is 7.48. The largest absolute Gasteiger partial charge is 0.478 e. The van der Waals surface area contributed by atoms with Gasteiger partial charge in [-0.15, -0.1) is 6.58 Å². The molecule has 2 aliphatic heterocycles. The summed E-state index contributed by atoms with van der Waals surface area (Å²) < 4.78 is 31.0. The van der Waals surface area contributed by atoms with Gasteiger partial charge in [0.25, 0.3) is 0 Å². The molecule has 0 N–H and O–H groups in total. The maximum absolute atomic E-state index is 11.6. The van der Waals surface area contributed by atoms with E-state index in [-0.39, 0.29) is 13.2 Å². The van der Waals surface area contributed by atoms with Crippen LogP contribution in [0.25, 0.3) is 0 Å². The van der Waals surface area contributed by atoms with E-state index >= 15 is 0 Å². The zero-order valence-electron chi connectivity index (χ0n) is 7.96. The van der Waals surface area contributed by atoms with Crippen LogP contribution in [0.2, 0.25) is 0 Å². The molecule has 2 heterocycles. The second kappa shape index (κ2) is 4.06. The summed E-state index contributed by atoms with van der Waals surface area (Å²) in [4.78, 5) is 11.1. The first-order valence-corrected chi connectivity index (χ1v) is 5.99. The number of rotatable bonds is 3. The molecule has 0 saturated carbocycles. The molecule has 0 aromatic carbocycles. The molecule has 0 spiro atoms. The second-order valence-electron chi connectivity index (χ2n) is 3.16. The highest BCUT2D eigenvalue weighted by atomic mass is 31.2. The molecule has 2 atom stereocenters.